The maximum atomic E-state index is 12.5. The lowest BCUT2D eigenvalue weighted by Gasteiger charge is -2.36. The maximum Gasteiger partial charge on any atom is 0.293 e. The van der Waals surface area contributed by atoms with Gasteiger partial charge in [0.15, 0.2) is 0 Å². The summed E-state index contributed by atoms with van der Waals surface area (Å²) >= 11 is 0. The summed E-state index contributed by atoms with van der Waals surface area (Å²) in [5.74, 6) is 0.617. The summed E-state index contributed by atoms with van der Waals surface area (Å²) in [6, 6.07) is 12.2. The minimum absolute atomic E-state index is 0.0202. The van der Waals surface area contributed by atoms with Gasteiger partial charge < -0.3 is 10.2 Å². The van der Waals surface area contributed by atoms with Crippen LogP contribution >= 0.6 is 0 Å². The molecule has 0 aliphatic carbocycles. The molecular weight excluding hydrogens is 342 g/mol. The second-order valence-electron chi connectivity index (χ2n) is 7.64. The number of anilines is 2. The van der Waals surface area contributed by atoms with Gasteiger partial charge in [0, 0.05) is 30.4 Å². The van der Waals surface area contributed by atoms with Crippen LogP contribution < -0.4 is 10.2 Å². The molecule has 0 spiro atoms. The largest absolute Gasteiger partial charge is 0.365 e. The van der Waals surface area contributed by atoms with Gasteiger partial charge in [0.25, 0.3) is 11.6 Å². The number of hydrogen-bond acceptors (Lipinski definition) is 4. The fraction of sp³-hybridized carbons (Fsp3) is 0.381. The average molecular weight is 367 g/mol. The number of hydrogen-bond donors (Lipinski definition) is 1. The fourth-order valence-electron chi connectivity index (χ4n) is 3.86. The van der Waals surface area contributed by atoms with Crippen molar-refractivity contribution in [3.05, 3.63) is 63.7 Å². The van der Waals surface area contributed by atoms with Gasteiger partial charge >= 0.3 is 0 Å². The molecule has 1 amide bonds. The Balaban J connectivity index is 1.87. The maximum absolute atomic E-state index is 12.5. The highest BCUT2D eigenvalue weighted by atomic mass is 16.6. The lowest BCUT2D eigenvalue weighted by Crippen LogP contribution is -2.39. The number of nitro benzene ring substituents is 1. The van der Waals surface area contributed by atoms with E-state index in [4.69, 9.17) is 0 Å². The normalized spacial score (nSPS) is 19.6. The number of amides is 1. The molecule has 142 valence electrons. The molecule has 0 aromatic heterocycles. The first-order chi connectivity index (χ1) is 12.8. The molecule has 1 N–H and O–H groups in total. The van der Waals surface area contributed by atoms with Gasteiger partial charge in [-0.15, -0.1) is 0 Å². The summed E-state index contributed by atoms with van der Waals surface area (Å²) in [6.07, 6.45) is 1.13. The Bertz CT molecular complexity index is 856. The molecule has 6 heteroatoms. The highest BCUT2D eigenvalue weighted by Gasteiger charge is 2.27. The van der Waals surface area contributed by atoms with Crippen LogP contribution in [0.2, 0.25) is 0 Å². The monoisotopic (exact) mass is 367 g/mol. The summed E-state index contributed by atoms with van der Waals surface area (Å²) < 4.78 is 0. The van der Waals surface area contributed by atoms with Crippen molar-refractivity contribution in [2.24, 2.45) is 11.8 Å². The number of benzene rings is 2. The predicted octanol–water partition coefficient (Wildman–Crippen LogP) is 4.64. The van der Waals surface area contributed by atoms with E-state index in [1.54, 1.807) is 18.2 Å². The van der Waals surface area contributed by atoms with E-state index in [0.717, 1.165) is 25.1 Å². The second kappa shape index (κ2) is 7.78. The van der Waals surface area contributed by atoms with Crippen LogP contribution in [0.1, 0.15) is 36.2 Å². The van der Waals surface area contributed by atoms with E-state index in [9.17, 15) is 14.9 Å². The first-order valence-electron chi connectivity index (χ1n) is 9.25. The van der Waals surface area contributed by atoms with Crippen LogP contribution in [0.3, 0.4) is 0 Å². The van der Waals surface area contributed by atoms with Crippen LogP contribution in [0.25, 0.3) is 0 Å². The summed E-state index contributed by atoms with van der Waals surface area (Å²) in [7, 11) is 0. The topological polar surface area (TPSA) is 75.5 Å². The van der Waals surface area contributed by atoms with E-state index in [0.29, 0.717) is 23.2 Å². The van der Waals surface area contributed by atoms with Gasteiger partial charge in [0.1, 0.15) is 5.69 Å². The Morgan fingerprint density at radius 1 is 1.15 bits per heavy atom. The number of aryl methyl sites for hydroxylation is 1. The third-order valence-corrected chi connectivity index (χ3v) is 4.92. The molecule has 6 nitrogen and oxygen atoms in total. The lowest BCUT2D eigenvalue weighted by atomic mass is 9.91. The van der Waals surface area contributed by atoms with Crippen LogP contribution in [-0.4, -0.2) is 23.9 Å². The van der Waals surface area contributed by atoms with Gasteiger partial charge in [-0.05, 0) is 55.0 Å². The van der Waals surface area contributed by atoms with E-state index in [1.807, 2.05) is 25.1 Å². The van der Waals surface area contributed by atoms with Crippen molar-refractivity contribution in [3.8, 4) is 0 Å². The van der Waals surface area contributed by atoms with Gasteiger partial charge in [0.05, 0.1) is 4.92 Å². The minimum Gasteiger partial charge on any atom is -0.365 e. The van der Waals surface area contributed by atoms with Crippen molar-refractivity contribution in [2.75, 3.05) is 23.3 Å². The number of nitrogens with one attached hydrogen (secondary N) is 1. The van der Waals surface area contributed by atoms with Crippen molar-refractivity contribution in [3.63, 3.8) is 0 Å². The highest BCUT2D eigenvalue weighted by Crippen LogP contribution is 2.34. The summed E-state index contributed by atoms with van der Waals surface area (Å²) in [5.41, 5.74) is 2.55. The minimum atomic E-state index is -0.400. The molecular formula is C21H25N3O3. The van der Waals surface area contributed by atoms with Gasteiger partial charge in [-0.1, -0.05) is 26.0 Å². The lowest BCUT2D eigenvalue weighted by molar-refractivity contribution is -0.384. The summed E-state index contributed by atoms with van der Waals surface area (Å²) in [4.78, 5) is 25.9. The first kappa shape index (κ1) is 18.9. The number of carbonyl (C=O) groups is 1. The zero-order valence-corrected chi connectivity index (χ0v) is 15.9. The number of piperidine rings is 1. The van der Waals surface area contributed by atoms with Crippen molar-refractivity contribution in [1.29, 1.82) is 0 Å². The first-order valence-corrected chi connectivity index (χ1v) is 9.25. The molecule has 2 atom stereocenters. The Morgan fingerprint density at radius 3 is 2.48 bits per heavy atom. The van der Waals surface area contributed by atoms with Crippen molar-refractivity contribution >= 4 is 23.0 Å². The number of rotatable bonds is 4. The third kappa shape index (κ3) is 4.45. The van der Waals surface area contributed by atoms with E-state index < -0.39 is 4.92 Å². The van der Waals surface area contributed by atoms with Gasteiger partial charge in [-0.3, -0.25) is 14.9 Å². The Hall–Kier alpha value is -2.89. The van der Waals surface area contributed by atoms with Crippen molar-refractivity contribution < 1.29 is 9.72 Å². The second-order valence-corrected chi connectivity index (χ2v) is 7.64. The van der Waals surface area contributed by atoms with Crippen LogP contribution in [-0.2, 0) is 0 Å². The quantitative estimate of drug-likeness (QED) is 0.631. The zero-order valence-electron chi connectivity index (χ0n) is 15.9. The van der Waals surface area contributed by atoms with Crippen LogP contribution in [0, 0.1) is 28.9 Å². The van der Waals surface area contributed by atoms with E-state index in [2.05, 4.69) is 24.1 Å². The molecule has 1 fully saturated rings. The average Bonchev–Trinajstić information content (AvgIpc) is 2.60. The molecule has 0 radical (unpaired) electrons. The van der Waals surface area contributed by atoms with Gasteiger partial charge in [-0.25, -0.2) is 0 Å². The highest BCUT2D eigenvalue weighted by molar-refractivity contribution is 6.05. The molecule has 0 bridgehead atoms. The van der Waals surface area contributed by atoms with Crippen molar-refractivity contribution in [2.45, 2.75) is 27.2 Å². The molecule has 27 heavy (non-hydrogen) atoms. The molecule has 3 rings (SSSR count). The molecule has 2 aromatic rings. The van der Waals surface area contributed by atoms with E-state index >= 15 is 0 Å². The Labute approximate surface area is 159 Å². The summed E-state index contributed by atoms with van der Waals surface area (Å²) in [5, 5.41) is 14.5. The van der Waals surface area contributed by atoms with Crippen LogP contribution in [0.15, 0.2) is 42.5 Å². The van der Waals surface area contributed by atoms with E-state index in [1.165, 1.54) is 6.07 Å². The number of carbonyl (C=O) groups excluding carboxylic acids is 1. The number of nitrogens with zero attached hydrogens (tertiary/aromatic N) is 2. The number of nitro groups is 1. The molecule has 1 heterocycles. The Kier molecular flexibility index (Phi) is 5.44. The summed E-state index contributed by atoms with van der Waals surface area (Å²) in [6.45, 7) is 7.85. The third-order valence-electron chi connectivity index (χ3n) is 4.92. The molecule has 2 unspecified atom stereocenters. The van der Waals surface area contributed by atoms with Crippen molar-refractivity contribution in [1.82, 2.24) is 0 Å². The molecule has 1 aliphatic heterocycles. The fourth-order valence-corrected chi connectivity index (χ4v) is 3.86. The van der Waals surface area contributed by atoms with Gasteiger partial charge in [-0.2, -0.15) is 0 Å². The SMILES string of the molecule is Cc1cccc(NC(=O)c2ccc(N3CC(C)CC(C)C3)c([N+](=O)[O-])c2)c1. The molecule has 0 saturated carbocycles. The van der Waals surface area contributed by atoms with Gasteiger partial charge in [0.2, 0.25) is 0 Å². The predicted molar refractivity (Wildman–Crippen MR) is 107 cm³/mol. The smallest absolute Gasteiger partial charge is 0.293 e. The Morgan fingerprint density at radius 2 is 1.85 bits per heavy atom. The van der Waals surface area contributed by atoms with Crippen LogP contribution in [0.4, 0.5) is 17.1 Å². The van der Waals surface area contributed by atoms with Crippen LogP contribution in [0.5, 0.6) is 0 Å². The standard InChI is InChI=1S/C21H25N3O3/c1-14-5-4-6-18(10-14)22-21(25)17-7-8-19(20(11-17)24(26)27)23-12-15(2)9-16(3)13-23/h4-8,10-11,15-16H,9,12-13H2,1-3H3,(H,22,25). The zero-order chi connectivity index (χ0) is 19.6. The molecule has 1 aliphatic rings. The molecule has 1 saturated heterocycles. The molecule has 2 aromatic carbocycles. The van der Waals surface area contributed by atoms with E-state index in [-0.39, 0.29) is 17.2 Å².